The highest BCUT2D eigenvalue weighted by molar-refractivity contribution is 7.49. The van der Waals surface area contributed by atoms with E-state index in [-0.39, 0.29) is 18.5 Å². The number of hydrogen-bond donors (Lipinski definition) is 0. The molecule has 320 valence electrons. The van der Waals surface area contributed by atoms with E-state index in [9.17, 15) is 13.9 Å². The number of benzene rings is 1. The van der Waals surface area contributed by atoms with E-state index in [2.05, 4.69) is 20.5 Å². The van der Waals surface area contributed by atoms with Crippen LogP contribution in [0.4, 0.5) is 14.9 Å². The number of ether oxygens (including phenoxy) is 1. The number of oxime groups is 1. The first-order valence-corrected chi connectivity index (χ1v) is 21.8. The van der Waals surface area contributed by atoms with Gasteiger partial charge in [0, 0.05) is 29.9 Å². The van der Waals surface area contributed by atoms with Gasteiger partial charge in [-0.25, -0.2) is 23.0 Å². The minimum Gasteiger partial charge on any atom is -0.442 e. The van der Waals surface area contributed by atoms with Gasteiger partial charge >= 0.3 is 21.7 Å². The van der Waals surface area contributed by atoms with Gasteiger partial charge in [-0.15, -0.1) is 5.10 Å². The van der Waals surface area contributed by atoms with Crippen LogP contribution in [0.5, 0.6) is 0 Å². The lowest BCUT2D eigenvalue weighted by atomic mass is 10.0. The van der Waals surface area contributed by atoms with E-state index < -0.39 is 74.9 Å². The Kier molecular flexibility index (Phi) is 13.5. The van der Waals surface area contributed by atoms with Crippen molar-refractivity contribution in [3.05, 3.63) is 60.4 Å². The van der Waals surface area contributed by atoms with E-state index in [1.54, 1.807) is 118 Å². The molecule has 0 saturated carbocycles. The Balaban J connectivity index is 1.33. The Bertz CT molecular complexity index is 1980. The van der Waals surface area contributed by atoms with Crippen molar-refractivity contribution in [2.45, 2.75) is 137 Å². The molecule has 1 amide bonds. The number of rotatable bonds is 15. The third-order valence-electron chi connectivity index (χ3n) is 7.68. The number of hydrogen-bond acceptors (Lipinski definition) is 15. The van der Waals surface area contributed by atoms with Gasteiger partial charge in [0.2, 0.25) is 0 Å². The maximum absolute atomic E-state index is 15.6. The van der Waals surface area contributed by atoms with Gasteiger partial charge in [0.15, 0.2) is 6.10 Å². The Morgan fingerprint density at radius 2 is 1.50 bits per heavy atom. The number of halogens is 1. The molecule has 17 nitrogen and oxygen atoms in total. The summed E-state index contributed by atoms with van der Waals surface area (Å²) in [6, 6.07) is 7.81. The van der Waals surface area contributed by atoms with Crippen molar-refractivity contribution in [2.75, 3.05) is 18.1 Å². The fourth-order valence-corrected chi connectivity index (χ4v) is 9.56. The van der Waals surface area contributed by atoms with Crippen molar-refractivity contribution >= 4 is 33.1 Å². The maximum atomic E-state index is 15.6. The second-order valence-electron chi connectivity index (χ2n) is 17.9. The van der Waals surface area contributed by atoms with Crippen molar-refractivity contribution < 1.29 is 55.0 Å². The number of carbonyl (C=O) groups excluding carboxylic acids is 1. The first kappa shape index (κ1) is 45.5. The Morgan fingerprint density at radius 1 is 0.879 bits per heavy atom. The van der Waals surface area contributed by atoms with E-state index in [1.165, 1.54) is 23.4 Å². The number of cyclic esters (lactones) is 1. The molecular formula is C38H55FN6O11P2. The molecule has 1 aromatic carbocycles. The smallest absolute Gasteiger partial charge is 0.442 e. The number of aromatic nitrogens is 4. The van der Waals surface area contributed by atoms with Crippen molar-refractivity contribution in [1.82, 2.24) is 20.0 Å². The van der Waals surface area contributed by atoms with Crippen LogP contribution in [-0.4, -0.2) is 85.7 Å². The van der Waals surface area contributed by atoms with Crippen molar-refractivity contribution in [2.24, 2.45) is 5.16 Å². The molecule has 1 saturated heterocycles. The lowest BCUT2D eigenvalue weighted by Crippen LogP contribution is -2.36. The molecule has 0 bridgehead atoms. The van der Waals surface area contributed by atoms with E-state index in [0.29, 0.717) is 29.2 Å². The van der Waals surface area contributed by atoms with Crippen LogP contribution >= 0.6 is 15.6 Å². The number of phosphoric acid groups is 2. The minimum absolute atomic E-state index is 0.0862. The third kappa shape index (κ3) is 13.2. The zero-order valence-electron chi connectivity index (χ0n) is 35.1. The van der Waals surface area contributed by atoms with Gasteiger partial charge in [-0.3, -0.25) is 37.0 Å². The van der Waals surface area contributed by atoms with Crippen LogP contribution < -0.4 is 4.90 Å². The molecule has 58 heavy (non-hydrogen) atoms. The number of anilines is 1. The fraction of sp³-hybridized carbons (Fsp3) is 0.605. The number of pyridine rings is 1. The highest BCUT2D eigenvalue weighted by atomic mass is 31.2. The summed E-state index contributed by atoms with van der Waals surface area (Å²) in [6.45, 7) is 20.5. The zero-order valence-corrected chi connectivity index (χ0v) is 36.9. The molecule has 0 aliphatic carbocycles. The molecule has 20 heteroatoms. The molecule has 2 aliphatic heterocycles. The average molecular weight is 853 g/mol. The maximum Gasteiger partial charge on any atom is 0.476 e. The molecule has 3 atom stereocenters. The van der Waals surface area contributed by atoms with Gasteiger partial charge < -0.3 is 9.57 Å². The molecule has 0 radical (unpaired) electrons. The van der Waals surface area contributed by atoms with E-state index in [0.717, 1.165) is 0 Å². The van der Waals surface area contributed by atoms with Crippen LogP contribution in [0.3, 0.4) is 0 Å². The zero-order chi connectivity index (χ0) is 42.9. The molecule has 3 aromatic rings. The lowest BCUT2D eigenvalue weighted by molar-refractivity contribution is -0.0745. The summed E-state index contributed by atoms with van der Waals surface area (Å²) in [5, 5.41) is 11.9. The summed E-state index contributed by atoms with van der Waals surface area (Å²) >= 11 is 0. The number of phosphoric ester groups is 2. The average Bonchev–Trinajstić information content (AvgIpc) is 3.82. The number of nitrogens with zero attached hydrogens (tertiary/aromatic N) is 6. The summed E-state index contributed by atoms with van der Waals surface area (Å²) in [5.41, 5.74) is -1.88. The van der Waals surface area contributed by atoms with Crippen LogP contribution in [0, 0.1) is 5.82 Å². The summed E-state index contributed by atoms with van der Waals surface area (Å²) in [5.74, 6) is -0.566. The molecule has 0 N–H and O–H groups in total. The van der Waals surface area contributed by atoms with Gasteiger partial charge in [-0.05, 0) is 107 Å². The standard InChI is InChI=1S/C38H55FN6O11P2/c1-35(2,3)53-57(47,54-36(4,5)6)49-24-33(52-58(48,55-37(7,8)9)56-38(10,11)12)32-20-31(42-51-32)30-16-13-25(21-40-30)28-15-14-26(19-29(28)39)45-23-27(50-34(45)46)22-44-18-17-41-43-44/h13-19,21,27,32-33H,20,22-24H2,1-12H3/t27-,32-,33+/m0/s1. The summed E-state index contributed by atoms with van der Waals surface area (Å²) in [7, 11) is -8.63. The van der Waals surface area contributed by atoms with Crippen LogP contribution in [0.2, 0.25) is 0 Å². The fourth-order valence-electron chi connectivity index (χ4n) is 5.75. The van der Waals surface area contributed by atoms with Crippen molar-refractivity contribution in [3.63, 3.8) is 0 Å². The van der Waals surface area contributed by atoms with Gasteiger partial charge in [0.1, 0.15) is 23.7 Å². The summed E-state index contributed by atoms with van der Waals surface area (Å²) in [4.78, 5) is 24.3. The predicted octanol–water partition coefficient (Wildman–Crippen LogP) is 8.88. The van der Waals surface area contributed by atoms with Gasteiger partial charge in [0.25, 0.3) is 0 Å². The number of amides is 1. The van der Waals surface area contributed by atoms with Gasteiger partial charge in [0.05, 0.1) is 59.7 Å². The van der Waals surface area contributed by atoms with Crippen molar-refractivity contribution in [1.29, 1.82) is 0 Å². The minimum atomic E-state index is -4.37. The topological polar surface area (TPSA) is 184 Å². The van der Waals surface area contributed by atoms with Crippen LogP contribution in [0.15, 0.2) is 54.1 Å². The summed E-state index contributed by atoms with van der Waals surface area (Å²) < 4.78 is 86.3. The number of carbonyl (C=O) groups is 1. The highest BCUT2D eigenvalue weighted by Gasteiger charge is 2.46. The Labute approximate surface area is 339 Å². The molecule has 1 fully saturated rings. The first-order valence-electron chi connectivity index (χ1n) is 18.8. The largest absolute Gasteiger partial charge is 0.476 e. The van der Waals surface area contributed by atoms with Crippen LogP contribution in [-0.2, 0) is 52.4 Å². The van der Waals surface area contributed by atoms with Crippen LogP contribution in [0.1, 0.15) is 95.2 Å². The van der Waals surface area contributed by atoms with Crippen LogP contribution in [0.25, 0.3) is 11.1 Å². The SMILES string of the molecule is CC(C)(C)OP(=O)(OC[C@@H](OP(=O)(OC(C)(C)C)OC(C)(C)C)[C@@H]1CC(c2ccc(-c3ccc(N4C[C@H](Cn5ccnn5)OC4=O)cc3F)cn2)=NO1)OC(C)(C)C. The first-order chi connectivity index (χ1) is 26.7. The predicted molar refractivity (Wildman–Crippen MR) is 213 cm³/mol. The van der Waals surface area contributed by atoms with Gasteiger partial charge in [-0.1, -0.05) is 16.4 Å². The second-order valence-corrected chi connectivity index (χ2v) is 20.9. The molecule has 0 spiro atoms. The molecule has 2 aromatic heterocycles. The third-order valence-corrected chi connectivity index (χ3v) is 11.8. The second kappa shape index (κ2) is 17.2. The van der Waals surface area contributed by atoms with E-state index in [1.807, 2.05) is 0 Å². The van der Waals surface area contributed by atoms with E-state index in [4.69, 9.17) is 36.7 Å². The summed E-state index contributed by atoms with van der Waals surface area (Å²) in [6.07, 6.45) is 1.52. The monoisotopic (exact) mass is 852 g/mol. The molecule has 2 aliphatic rings. The Morgan fingerprint density at radius 3 is 2.03 bits per heavy atom. The highest BCUT2D eigenvalue weighted by Crippen LogP contribution is 2.59. The quantitative estimate of drug-likeness (QED) is 0.132. The molecule has 0 unspecified atom stereocenters. The molecule has 5 rings (SSSR count). The lowest BCUT2D eigenvalue weighted by Gasteiger charge is -2.35. The normalized spacial score (nSPS) is 18.9. The molecule has 4 heterocycles. The molecular weight excluding hydrogens is 797 g/mol. The van der Waals surface area contributed by atoms with Gasteiger partial charge in [-0.2, -0.15) is 0 Å². The Hall–Kier alpha value is -3.60. The van der Waals surface area contributed by atoms with E-state index >= 15 is 4.39 Å². The van der Waals surface area contributed by atoms with Crippen molar-refractivity contribution in [3.8, 4) is 11.1 Å².